The number of benzene rings is 2. The number of thioether (sulfide) groups is 1. The number of hydrogen-bond donors (Lipinski definition) is 1. The SMILES string of the molecule is N#CCNC(=O)CSc1nc2ccccc2c(=O)n1-c1cc(C(F)(F)F)ccc1C(F)(F)F. The number of carbonyl (C=O) groups excluding carboxylic acids is 1. The smallest absolute Gasteiger partial charge is 0.342 e. The van der Waals surface area contributed by atoms with E-state index in [1.165, 1.54) is 24.3 Å². The van der Waals surface area contributed by atoms with E-state index in [0.717, 1.165) is 0 Å². The zero-order chi connectivity index (χ0) is 24.4. The van der Waals surface area contributed by atoms with Crippen molar-refractivity contribution in [3.8, 4) is 11.8 Å². The van der Waals surface area contributed by atoms with E-state index in [2.05, 4.69) is 10.3 Å². The van der Waals surface area contributed by atoms with Crippen LogP contribution in [0, 0.1) is 11.3 Å². The molecule has 2 aromatic carbocycles. The third kappa shape index (κ3) is 5.28. The van der Waals surface area contributed by atoms with Crippen molar-refractivity contribution in [3.05, 3.63) is 63.9 Å². The summed E-state index contributed by atoms with van der Waals surface area (Å²) in [6.45, 7) is -0.330. The summed E-state index contributed by atoms with van der Waals surface area (Å²) in [5.74, 6) is -1.14. The molecule has 3 aromatic rings. The molecule has 1 N–H and O–H groups in total. The Bertz CT molecular complexity index is 1310. The molecular formula is C20H12F6N4O2S. The topological polar surface area (TPSA) is 87.8 Å². The molecular weight excluding hydrogens is 474 g/mol. The van der Waals surface area contributed by atoms with Crippen LogP contribution in [0.4, 0.5) is 26.3 Å². The maximum absolute atomic E-state index is 13.7. The molecule has 0 saturated heterocycles. The lowest BCUT2D eigenvalue weighted by Gasteiger charge is -2.19. The highest BCUT2D eigenvalue weighted by Gasteiger charge is 2.38. The average Bonchev–Trinajstić information content (AvgIpc) is 2.74. The fourth-order valence-corrected chi connectivity index (χ4v) is 3.71. The van der Waals surface area contributed by atoms with Crippen LogP contribution in [0.2, 0.25) is 0 Å². The van der Waals surface area contributed by atoms with Crippen molar-refractivity contribution in [1.82, 2.24) is 14.9 Å². The van der Waals surface area contributed by atoms with Gasteiger partial charge in [-0.05, 0) is 30.3 Å². The molecule has 0 atom stereocenters. The minimum Gasteiger partial charge on any atom is -0.342 e. The first kappa shape index (κ1) is 24.1. The summed E-state index contributed by atoms with van der Waals surface area (Å²) in [5.41, 5.74) is -4.90. The standard InChI is InChI=1S/C20H12F6N4O2S/c21-19(22,23)11-5-6-13(20(24,25)26)15(9-11)30-17(32)12-3-1-2-4-14(12)29-18(30)33-10-16(31)28-8-7-27/h1-6,9H,8,10H2,(H,28,31). The Labute approximate surface area is 185 Å². The van der Waals surface area contributed by atoms with Crippen LogP contribution in [0.3, 0.4) is 0 Å². The highest BCUT2D eigenvalue weighted by atomic mass is 32.2. The van der Waals surface area contributed by atoms with E-state index in [1.54, 1.807) is 6.07 Å². The van der Waals surface area contributed by atoms with Crippen molar-refractivity contribution in [2.45, 2.75) is 17.5 Å². The second-order valence-electron chi connectivity index (χ2n) is 6.50. The summed E-state index contributed by atoms with van der Waals surface area (Å²) >= 11 is 0.544. The van der Waals surface area contributed by atoms with Gasteiger partial charge in [-0.1, -0.05) is 23.9 Å². The predicted molar refractivity (Wildman–Crippen MR) is 107 cm³/mol. The Hall–Kier alpha value is -3.53. The number of amides is 1. The normalized spacial score (nSPS) is 11.9. The number of hydrogen-bond acceptors (Lipinski definition) is 5. The number of halogens is 6. The minimum absolute atomic E-state index is 0.0826. The van der Waals surface area contributed by atoms with Gasteiger partial charge in [-0.2, -0.15) is 31.6 Å². The number of para-hydroxylation sites is 1. The second kappa shape index (κ2) is 9.14. The highest BCUT2D eigenvalue weighted by Crippen LogP contribution is 2.38. The highest BCUT2D eigenvalue weighted by molar-refractivity contribution is 7.99. The average molecular weight is 486 g/mol. The number of nitrogens with one attached hydrogen (secondary N) is 1. The summed E-state index contributed by atoms with van der Waals surface area (Å²) in [7, 11) is 0. The van der Waals surface area contributed by atoms with Gasteiger partial charge < -0.3 is 5.32 Å². The zero-order valence-electron chi connectivity index (χ0n) is 16.3. The third-order valence-electron chi connectivity index (χ3n) is 4.31. The van der Waals surface area contributed by atoms with Gasteiger partial charge in [-0.15, -0.1) is 0 Å². The Balaban J connectivity index is 2.29. The van der Waals surface area contributed by atoms with E-state index in [0.29, 0.717) is 16.3 Å². The van der Waals surface area contributed by atoms with Gasteiger partial charge in [0.25, 0.3) is 5.56 Å². The summed E-state index contributed by atoms with van der Waals surface area (Å²) < 4.78 is 81.3. The molecule has 172 valence electrons. The van der Waals surface area contributed by atoms with E-state index < -0.39 is 51.5 Å². The lowest BCUT2D eigenvalue weighted by atomic mass is 10.1. The molecule has 3 rings (SSSR count). The summed E-state index contributed by atoms with van der Waals surface area (Å²) in [6, 6.07) is 8.02. The lowest BCUT2D eigenvalue weighted by molar-refractivity contribution is -0.141. The number of nitrogens with zero attached hydrogens (tertiary/aromatic N) is 3. The van der Waals surface area contributed by atoms with Crippen LogP contribution < -0.4 is 10.9 Å². The Morgan fingerprint density at radius 1 is 1.09 bits per heavy atom. The van der Waals surface area contributed by atoms with Crippen LogP contribution in [0.25, 0.3) is 16.6 Å². The van der Waals surface area contributed by atoms with Crippen LogP contribution in [0.1, 0.15) is 11.1 Å². The van der Waals surface area contributed by atoms with Crippen LogP contribution in [-0.4, -0.2) is 27.8 Å². The first-order valence-electron chi connectivity index (χ1n) is 9.00. The van der Waals surface area contributed by atoms with Crippen molar-refractivity contribution in [3.63, 3.8) is 0 Å². The zero-order valence-corrected chi connectivity index (χ0v) is 17.1. The first-order valence-corrected chi connectivity index (χ1v) is 9.99. The monoisotopic (exact) mass is 486 g/mol. The number of aromatic nitrogens is 2. The van der Waals surface area contributed by atoms with Gasteiger partial charge in [-0.3, -0.25) is 14.2 Å². The summed E-state index contributed by atoms with van der Waals surface area (Å²) in [4.78, 5) is 29.1. The number of rotatable bonds is 5. The fraction of sp³-hybridized carbons (Fsp3) is 0.200. The predicted octanol–water partition coefficient (Wildman–Crippen LogP) is 4.16. The van der Waals surface area contributed by atoms with Gasteiger partial charge in [0.15, 0.2) is 5.16 Å². The van der Waals surface area contributed by atoms with Crippen LogP contribution in [-0.2, 0) is 17.1 Å². The fourth-order valence-electron chi connectivity index (χ4n) is 2.87. The van der Waals surface area contributed by atoms with Gasteiger partial charge >= 0.3 is 12.4 Å². The molecule has 0 fully saturated rings. The molecule has 0 spiro atoms. The molecule has 6 nitrogen and oxygen atoms in total. The molecule has 0 aliphatic rings. The van der Waals surface area contributed by atoms with Crippen LogP contribution >= 0.6 is 11.8 Å². The van der Waals surface area contributed by atoms with Gasteiger partial charge in [0.2, 0.25) is 5.91 Å². The summed E-state index contributed by atoms with van der Waals surface area (Å²) in [6.07, 6.45) is -10.1. The summed E-state index contributed by atoms with van der Waals surface area (Å²) in [5, 5.41) is 10.2. The molecule has 0 aliphatic heterocycles. The van der Waals surface area contributed by atoms with E-state index in [4.69, 9.17) is 5.26 Å². The van der Waals surface area contributed by atoms with Crippen molar-refractivity contribution in [2.75, 3.05) is 12.3 Å². The third-order valence-corrected chi connectivity index (χ3v) is 5.25. The van der Waals surface area contributed by atoms with Gasteiger partial charge in [-0.25, -0.2) is 4.98 Å². The molecule has 1 amide bonds. The number of alkyl halides is 6. The quantitative estimate of drug-likeness (QED) is 0.253. The molecule has 0 bridgehead atoms. The van der Waals surface area contributed by atoms with Gasteiger partial charge in [0.05, 0.1) is 39.5 Å². The molecule has 1 heterocycles. The molecule has 0 radical (unpaired) electrons. The van der Waals surface area contributed by atoms with Crippen molar-refractivity contribution < 1.29 is 31.1 Å². The lowest BCUT2D eigenvalue weighted by Crippen LogP contribution is -2.28. The van der Waals surface area contributed by atoms with Gasteiger partial charge in [0.1, 0.15) is 6.54 Å². The Kier molecular flexibility index (Phi) is 6.68. The maximum atomic E-state index is 13.7. The maximum Gasteiger partial charge on any atom is 0.418 e. The van der Waals surface area contributed by atoms with Crippen molar-refractivity contribution in [1.29, 1.82) is 5.26 Å². The molecule has 0 unspecified atom stereocenters. The molecule has 0 saturated carbocycles. The molecule has 1 aromatic heterocycles. The first-order chi connectivity index (χ1) is 15.4. The van der Waals surface area contributed by atoms with Crippen molar-refractivity contribution in [2.24, 2.45) is 0 Å². The van der Waals surface area contributed by atoms with E-state index in [-0.39, 0.29) is 35.6 Å². The van der Waals surface area contributed by atoms with Crippen LogP contribution in [0.5, 0.6) is 0 Å². The Morgan fingerprint density at radius 2 is 1.79 bits per heavy atom. The van der Waals surface area contributed by atoms with Crippen LogP contribution in [0.15, 0.2) is 52.4 Å². The Morgan fingerprint density at radius 3 is 2.42 bits per heavy atom. The molecule has 13 heteroatoms. The number of nitriles is 1. The van der Waals surface area contributed by atoms with E-state index in [9.17, 15) is 35.9 Å². The van der Waals surface area contributed by atoms with Crippen molar-refractivity contribution >= 4 is 28.6 Å². The van der Waals surface area contributed by atoms with E-state index >= 15 is 0 Å². The molecule has 33 heavy (non-hydrogen) atoms. The van der Waals surface area contributed by atoms with E-state index in [1.807, 2.05) is 0 Å². The minimum atomic E-state index is -5.09. The second-order valence-corrected chi connectivity index (χ2v) is 7.45. The molecule has 0 aliphatic carbocycles. The van der Waals surface area contributed by atoms with Gasteiger partial charge in [0, 0.05) is 0 Å². The number of carbonyl (C=O) groups is 1. The number of fused-ring (bicyclic) bond motifs is 1. The largest absolute Gasteiger partial charge is 0.418 e.